The molecule has 10 unspecified atom stereocenters. The Morgan fingerprint density at radius 2 is 0.889 bits per heavy atom. The summed E-state index contributed by atoms with van der Waals surface area (Å²) in [4.78, 5) is 85.1. The molecule has 3 aliphatic rings. The van der Waals surface area contributed by atoms with E-state index < -0.39 is 258 Å². The van der Waals surface area contributed by atoms with Crippen LogP contribution in [-0.4, -0.2) is 185 Å². The second-order valence-corrected chi connectivity index (χ2v) is 20.8. The summed E-state index contributed by atoms with van der Waals surface area (Å²) in [5.41, 5.74) is -7.24. The van der Waals surface area contributed by atoms with Crippen molar-refractivity contribution in [1.82, 2.24) is 0 Å². The largest absolute Gasteiger partial charge is 0.504 e. The van der Waals surface area contributed by atoms with Crippen LogP contribution >= 0.6 is 0 Å². The Balaban J connectivity index is 1.17. The molecule has 32 nitrogen and oxygen atoms in total. The molecule has 0 saturated carbocycles. The Kier molecular flexibility index (Phi) is 16.8. The summed E-state index contributed by atoms with van der Waals surface area (Å²) in [6.45, 7) is 4.39. The first-order valence-electron chi connectivity index (χ1n) is 26.4. The van der Waals surface area contributed by atoms with E-state index in [0.29, 0.717) is 54.6 Å². The van der Waals surface area contributed by atoms with Gasteiger partial charge in [0.2, 0.25) is 23.0 Å². The van der Waals surface area contributed by atoms with Gasteiger partial charge in [0.25, 0.3) is 0 Å². The van der Waals surface area contributed by atoms with Gasteiger partial charge in [-0.25, -0.2) is 28.8 Å². The average Bonchev–Trinajstić information content (AvgIpc) is 1.04. The van der Waals surface area contributed by atoms with Crippen molar-refractivity contribution < 1.29 is 158 Å². The van der Waals surface area contributed by atoms with Crippen molar-refractivity contribution in [3.05, 3.63) is 88.0 Å². The molecule has 17 N–H and O–H groups in total. The first-order chi connectivity index (χ1) is 42.3. The van der Waals surface area contributed by atoms with E-state index in [-0.39, 0.29) is 5.92 Å². The Bertz CT molecular complexity index is 3900. The van der Waals surface area contributed by atoms with Gasteiger partial charge in [-0.15, -0.1) is 0 Å². The second-order valence-electron chi connectivity index (χ2n) is 20.8. The number of fused-ring (bicyclic) bond motifs is 4. The third kappa shape index (κ3) is 11.5. The monoisotopic (exact) mass is 1260 g/mol. The van der Waals surface area contributed by atoms with E-state index in [4.69, 9.17) is 42.6 Å². The summed E-state index contributed by atoms with van der Waals surface area (Å²) < 4.78 is 51.9. The van der Waals surface area contributed by atoms with Crippen LogP contribution in [0.5, 0.6) is 109 Å². The van der Waals surface area contributed by atoms with Crippen LogP contribution in [0.15, 0.2) is 54.6 Å². The summed E-state index contributed by atoms with van der Waals surface area (Å²) in [6.07, 6.45) is -13.7. The molecule has 0 bridgehead atoms. The maximum Gasteiger partial charge on any atom is 0.342 e. The Hall–Kier alpha value is -11.5. The fourth-order valence-electron chi connectivity index (χ4n) is 10.1. The van der Waals surface area contributed by atoms with Crippen LogP contribution in [0, 0.1) is 11.8 Å². The minimum Gasteiger partial charge on any atom is -0.504 e. The number of aromatic hydroxyl groups is 17. The number of ether oxygens (including phenoxy) is 9. The fraction of sp³-hybridized carbons (Fsp3) is 0.276. The molecule has 0 aromatic heterocycles. The van der Waals surface area contributed by atoms with Crippen molar-refractivity contribution in [1.29, 1.82) is 0 Å². The van der Waals surface area contributed by atoms with Crippen LogP contribution < -0.4 is 4.74 Å². The van der Waals surface area contributed by atoms with E-state index in [1.54, 1.807) is 20.8 Å². The number of carbonyl (C=O) groups excluding carboxylic acids is 6. The lowest BCUT2D eigenvalue weighted by molar-refractivity contribution is -0.224. The van der Waals surface area contributed by atoms with Crippen LogP contribution in [-0.2, 0) is 37.9 Å². The SMILES string of the molecule is CC1OC2COC(=O)c3cc(Oc4c(C(=O)OC5C(COC(=O)c6cc(O)c(O)c(O)c6)OC(C)C(OC(=O)c6cc(O)c(O)c(O)c6)C5OC(=O)c5cc(O)c(O)c(O)c5)cc(O)c(O)c4O)c(O)c(O)c3-c3c(cc(O)c(O)c3O)C(=O)OC2C(C)C1C. The van der Waals surface area contributed by atoms with Gasteiger partial charge in [0.05, 0.1) is 40.0 Å². The van der Waals surface area contributed by atoms with Crippen LogP contribution in [0.4, 0.5) is 0 Å². The number of esters is 6. The summed E-state index contributed by atoms with van der Waals surface area (Å²) in [7, 11) is 0. The molecule has 32 heteroatoms. The highest BCUT2D eigenvalue weighted by molar-refractivity contribution is 6.08. The van der Waals surface area contributed by atoms with Crippen LogP contribution in [0.2, 0.25) is 0 Å². The molecule has 6 aromatic carbocycles. The predicted octanol–water partition coefficient (Wildman–Crippen LogP) is 4.52. The molecule has 476 valence electrons. The topological polar surface area (TPSA) is 529 Å². The Morgan fingerprint density at radius 1 is 0.444 bits per heavy atom. The zero-order chi connectivity index (χ0) is 66.0. The van der Waals surface area contributed by atoms with Crippen molar-refractivity contribution in [2.45, 2.75) is 76.5 Å². The first kappa shape index (κ1) is 63.0. The van der Waals surface area contributed by atoms with Crippen LogP contribution in [0.3, 0.4) is 0 Å². The van der Waals surface area contributed by atoms with E-state index in [9.17, 15) is 111 Å². The molecule has 2 fully saturated rings. The maximum absolute atomic E-state index is 15.0. The quantitative estimate of drug-likeness (QED) is 0.0481. The molecule has 10 atom stereocenters. The highest BCUT2D eigenvalue weighted by atomic mass is 16.7. The smallest absolute Gasteiger partial charge is 0.342 e. The van der Waals surface area contributed by atoms with Gasteiger partial charge in [-0.1, -0.05) is 13.8 Å². The second kappa shape index (κ2) is 24.0. The molecule has 0 radical (unpaired) electrons. The van der Waals surface area contributed by atoms with E-state index in [1.807, 2.05) is 0 Å². The molecule has 90 heavy (non-hydrogen) atoms. The molecular weight excluding hydrogens is 1210 g/mol. The summed E-state index contributed by atoms with van der Waals surface area (Å²) in [5, 5.41) is 181. The van der Waals surface area contributed by atoms with Gasteiger partial charge in [0, 0.05) is 29.2 Å². The predicted molar refractivity (Wildman–Crippen MR) is 290 cm³/mol. The number of carbonyl (C=O) groups is 6. The minimum atomic E-state index is -2.45. The number of benzene rings is 6. The minimum absolute atomic E-state index is 0.301. The molecule has 9 rings (SSSR count). The third-order valence-electron chi connectivity index (χ3n) is 15.2. The summed E-state index contributed by atoms with van der Waals surface area (Å²) >= 11 is 0. The van der Waals surface area contributed by atoms with Crippen molar-refractivity contribution in [2.75, 3.05) is 13.2 Å². The highest BCUT2D eigenvalue weighted by Gasteiger charge is 2.53. The van der Waals surface area contributed by atoms with E-state index in [0.717, 1.165) is 6.92 Å². The summed E-state index contributed by atoms with van der Waals surface area (Å²) in [6, 6.07) is 5.04. The van der Waals surface area contributed by atoms with Crippen molar-refractivity contribution in [2.24, 2.45) is 11.8 Å². The summed E-state index contributed by atoms with van der Waals surface area (Å²) in [5.74, 6) is -33.8. The van der Waals surface area contributed by atoms with Gasteiger partial charge in [-0.3, -0.25) is 0 Å². The maximum atomic E-state index is 15.0. The van der Waals surface area contributed by atoms with Crippen LogP contribution in [0.1, 0.15) is 89.8 Å². The van der Waals surface area contributed by atoms with Crippen molar-refractivity contribution >= 4 is 35.8 Å². The number of phenols is 17. The number of rotatable bonds is 11. The Labute approximate surface area is 502 Å². The molecule has 2 saturated heterocycles. The normalized spacial score (nSPS) is 22.2. The molecule has 0 spiro atoms. The van der Waals surface area contributed by atoms with E-state index in [2.05, 4.69) is 0 Å². The molecule has 0 amide bonds. The van der Waals surface area contributed by atoms with E-state index in [1.165, 1.54) is 0 Å². The lowest BCUT2D eigenvalue weighted by Gasteiger charge is -2.43. The number of hydrogen-bond acceptors (Lipinski definition) is 32. The lowest BCUT2D eigenvalue weighted by Crippen LogP contribution is -2.61. The van der Waals surface area contributed by atoms with Crippen LogP contribution in [0.25, 0.3) is 11.1 Å². The average molecular weight is 1260 g/mol. The van der Waals surface area contributed by atoms with Gasteiger partial charge in [-0.05, 0) is 62.2 Å². The van der Waals surface area contributed by atoms with E-state index >= 15 is 4.79 Å². The zero-order valence-corrected chi connectivity index (χ0v) is 46.6. The third-order valence-corrected chi connectivity index (χ3v) is 15.2. The zero-order valence-electron chi connectivity index (χ0n) is 46.6. The van der Waals surface area contributed by atoms with Gasteiger partial charge in [0.1, 0.15) is 37.1 Å². The Morgan fingerprint density at radius 3 is 1.42 bits per heavy atom. The van der Waals surface area contributed by atoms with Crippen molar-refractivity contribution in [3.8, 4) is 120 Å². The molecule has 3 aliphatic heterocycles. The number of cyclic esters (lactones) is 1. The molecule has 3 heterocycles. The first-order valence-corrected chi connectivity index (χ1v) is 26.4. The highest BCUT2D eigenvalue weighted by Crippen LogP contribution is 2.56. The number of hydrogen-bond donors (Lipinski definition) is 17. The van der Waals surface area contributed by atoms with Gasteiger partial charge in [-0.2, -0.15) is 0 Å². The molecule has 0 aliphatic carbocycles. The molecule has 6 aromatic rings. The lowest BCUT2D eigenvalue weighted by atomic mass is 9.82. The fourth-order valence-corrected chi connectivity index (χ4v) is 10.1. The van der Waals surface area contributed by atoms with Gasteiger partial charge >= 0.3 is 35.8 Å². The number of phenolic OH excluding ortho intramolecular Hbond substituents is 17. The van der Waals surface area contributed by atoms with Gasteiger partial charge < -0.3 is 129 Å². The van der Waals surface area contributed by atoms with Gasteiger partial charge in [0.15, 0.2) is 105 Å². The standard InChI is InChI=1S/C58H52O32/c1-16-17(2)48-35(84-18(16)3)14-83-56(79)24-13-34(44(72)46(74)38(24)37-23(57(80)87-48)11-32(65)42(70)45(37)73)86-50-25(12-33(66)43(71)47(50)75)58(81)89-51-36(15-82-53(76)20-5-26(59)39(67)27(60)6-20)85-19(4)49(88-54(77)21-7-28(61)40(68)29(62)8-21)52(51)90-55(78)22-9-30(63)41(69)31(64)10-22/h5-13,16-19,35-36,48-49,51-52,59-75H,14-15H2,1-4H3. The van der Waals surface area contributed by atoms with Crippen molar-refractivity contribution in [3.63, 3.8) is 0 Å². The molecular formula is C58H52O32.